The summed E-state index contributed by atoms with van der Waals surface area (Å²) >= 11 is 1.73. The van der Waals surface area contributed by atoms with Gasteiger partial charge in [0, 0.05) is 30.8 Å². The van der Waals surface area contributed by atoms with Gasteiger partial charge in [0.25, 0.3) is 5.91 Å². The number of thioether (sulfide) groups is 1. The van der Waals surface area contributed by atoms with E-state index in [0.717, 1.165) is 11.5 Å². The highest BCUT2D eigenvalue weighted by Crippen LogP contribution is 2.22. The molecule has 1 aliphatic heterocycles. The van der Waals surface area contributed by atoms with Gasteiger partial charge in [0.1, 0.15) is 22.0 Å². The number of carbonyl (C=O) groups is 1. The second-order valence-corrected chi connectivity index (χ2v) is 8.58. The number of carbonyl (C=O) groups excluding carboxylic acids is 1. The Labute approximate surface area is 144 Å². The first-order valence-electron chi connectivity index (χ1n) is 7.40. The van der Waals surface area contributed by atoms with Crippen LogP contribution < -0.4 is 5.32 Å². The normalized spacial score (nSPS) is 16.2. The largest absolute Gasteiger partial charge is 0.359 e. The quantitative estimate of drug-likeness (QED) is 0.846. The Bertz CT molecular complexity index is 831. The van der Waals surface area contributed by atoms with E-state index in [1.165, 1.54) is 16.6 Å². The van der Waals surface area contributed by atoms with Crippen LogP contribution in [0.3, 0.4) is 0 Å². The number of rotatable bonds is 4. The summed E-state index contributed by atoms with van der Waals surface area (Å²) in [7, 11) is -3.58. The minimum atomic E-state index is -3.58. The van der Waals surface area contributed by atoms with Gasteiger partial charge < -0.3 is 14.8 Å². The predicted octanol–water partition coefficient (Wildman–Crippen LogP) is 1.61. The number of hydrogen-bond acceptors (Lipinski definition) is 6. The van der Waals surface area contributed by atoms with Crippen molar-refractivity contribution in [2.45, 2.75) is 18.7 Å². The summed E-state index contributed by atoms with van der Waals surface area (Å²) in [6.07, 6.45) is 1.35. The molecule has 0 aliphatic carbocycles. The van der Waals surface area contributed by atoms with Crippen LogP contribution in [0.15, 0.2) is 21.7 Å². The molecule has 0 saturated carbocycles. The molecule has 0 unspecified atom stereocenters. The lowest BCUT2D eigenvalue weighted by molar-refractivity contribution is 0.102. The zero-order chi connectivity index (χ0) is 17.3. The number of aromatic nitrogens is 2. The Kier molecular flexibility index (Phi) is 4.70. The van der Waals surface area contributed by atoms with E-state index in [0.29, 0.717) is 30.2 Å². The molecule has 2 N–H and O–H groups in total. The smallest absolute Gasteiger partial charge is 0.272 e. The molecule has 24 heavy (non-hydrogen) atoms. The predicted molar refractivity (Wildman–Crippen MR) is 90.8 cm³/mol. The van der Waals surface area contributed by atoms with E-state index in [4.69, 9.17) is 4.52 Å². The van der Waals surface area contributed by atoms with Crippen molar-refractivity contribution in [3.8, 4) is 0 Å². The molecular weight excluding hydrogens is 352 g/mol. The van der Waals surface area contributed by atoms with Gasteiger partial charge in [-0.2, -0.15) is 16.1 Å². The molecule has 1 saturated heterocycles. The number of aryl methyl sites for hydroxylation is 2. The van der Waals surface area contributed by atoms with Gasteiger partial charge in [-0.15, -0.1) is 0 Å². The number of sulfonamides is 1. The summed E-state index contributed by atoms with van der Waals surface area (Å²) in [5.41, 5.74) is 1.22. The fourth-order valence-electron chi connectivity index (χ4n) is 2.43. The zero-order valence-corrected chi connectivity index (χ0v) is 15.0. The van der Waals surface area contributed by atoms with Gasteiger partial charge >= 0.3 is 0 Å². The summed E-state index contributed by atoms with van der Waals surface area (Å²) < 4.78 is 31.6. The Morgan fingerprint density at radius 2 is 2.08 bits per heavy atom. The minimum Gasteiger partial charge on any atom is -0.359 e. The Balaban J connectivity index is 1.78. The van der Waals surface area contributed by atoms with Crippen LogP contribution in [0.5, 0.6) is 0 Å². The monoisotopic (exact) mass is 370 g/mol. The zero-order valence-electron chi connectivity index (χ0n) is 13.3. The molecule has 0 spiro atoms. The standard InChI is InChI=1S/C14H18N4O4S2/c1-9-13(10(2)22-17-9)16-14(19)12-7-11(8-15-12)24(20,21)18-3-5-23-6-4-18/h7-8,15H,3-6H2,1-2H3,(H,16,19). The van der Waals surface area contributed by atoms with Crippen molar-refractivity contribution < 1.29 is 17.7 Å². The highest BCUT2D eigenvalue weighted by Gasteiger charge is 2.28. The summed E-state index contributed by atoms with van der Waals surface area (Å²) in [4.78, 5) is 15.1. The van der Waals surface area contributed by atoms with E-state index in [1.807, 2.05) is 0 Å². The first-order chi connectivity index (χ1) is 11.4. The summed E-state index contributed by atoms with van der Waals surface area (Å²) in [6.45, 7) is 4.37. The lowest BCUT2D eigenvalue weighted by Gasteiger charge is -2.24. The molecule has 0 atom stereocenters. The van der Waals surface area contributed by atoms with Crippen LogP contribution in [0.25, 0.3) is 0 Å². The number of amides is 1. The van der Waals surface area contributed by atoms with Crippen molar-refractivity contribution >= 4 is 33.4 Å². The molecule has 1 aliphatic rings. The second kappa shape index (κ2) is 6.61. The molecule has 0 aromatic carbocycles. The average molecular weight is 370 g/mol. The molecule has 2 aromatic rings. The first-order valence-corrected chi connectivity index (χ1v) is 9.99. The maximum absolute atomic E-state index is 12.6. The van der Waals surface area contributed by atoms with Crippen molar-refractivity contribution in [1.29, 1.82) is 0 Å². The maximum Gasteiger partial charge on any atom is 0.272 e. The molecule has 3 heterocycles. The molecule has 0 bridgehead atoms. The molecule has 2 aromatic heterocycles. The van der Waals surface area contributed by atoms with Gasteiger partial charge in [-0.05, 0) is 19.9 Å². The number of anilines is 1. The van der Waals surface area contributed by atoms with Gasteiger partial charge in [-0.25, -0.2) is 8.42 Å². The third kappa shape index (κ3) is 3.21. The van der Waals surface area contributed by atoms with Crippen molar-refractivity contribution in [1.82, 2.24) is 14.4 Å². The maximum atomic E-state index is 12.6. The van der Waals surface area contributed by atoms with E-state index in [9.17, 15) is 13.2 Å². The first kappa shape index (κ1) is 17.1. The van der Waals surface area contributed by atoms with E-state index >= 15 is 0 Å². The average Bonchev–Trinajstić information content (AvgIpc) is 3.19. The van der Waals surface area contributed by atoms with E-state index in [1.54, 1.807) is 25.6 Å². The van der Waals surface area contributed by atoms with Crippen LogP contribution in [0, 0.1) is 13.8 Å². The molecule has 8 nitrogen and oxygen atoms in total. The number of H-pyrrole nitrogens is 1. The van der Waals surface area contributed by atoms with E-state index < -0.39 is 15.9 Å². The van der Waals surface area contributed by atoms with Crippen LogP contribution in [0.4, 0.5) is 5.69 Å². The van der Waals surface area contributed by atoms with Crippen molar-refractivity contribution in [3.05, 3.63) is 29.4 Å². The molecule has 130 valence electrons. The summed E-state index contributed by atoms with van der Waals surface area (Å²) in [5, 5.41) is 6.44. The molecule has 1 amide bonds. The lowest BCUT2D eigenvalue weighted by atomic mass is 10.3. The fraction of sp³-hybridized carbons (Fsp3) is 0.429. The van der Waals surface area contributed by atoms with Crippen molar-refractivity contribution in [2.75, 3.05) is 29.9 Å². The number of hydrogen-bond donors (Lipinski definition) is 2. The third-order valence-electron chi connectivity index (χ3n) is 3.78. The third-order valence-corrected chi connectivity index (χ3v) is 6.60. The van der Waals surface area contributed by atoms with Gasteiger partial charge in [-0.3, -0.25) is 4.79 Å². The molecule has 3 rings (SSSR count). The topological polar surface area (TPSA) is 108 Å². The number of aromatic amines is 1. The molecule has 10 heteroatoms. The van der Waals surface area contributed by atoms with Gasteiger partial charge in [0.05, 0.1) is 0 Å². The number of nitrogens with zero attached hydrogens (tertiary/aromatic N) is 2. The van der Waals surface area contributed by atoms with Gasteiger partial charge in [0.15, 0.2) is 5.76 Å². The SMILES string of the molecule is Cc1noc(C)c1NC(=O)c1cc(S(=O)(=O)N2CCSCC2)c[nH]1. The highest BCUT2D eigenvalue weighted by atomic mass is 32.2. The Morgan fingerprint density at radius 3 is 2.71 bits per heavy atom. The van der Waals surface area contributed by atoms with Crippen LogP contribution in [0.2, 0.25) is 0 Å². The van der Waals surface area contributed by atoms with E-state index in [-0.39, 0.29) is 10.6 Å². The van der Waals surface area contributed by atoms with Crippen LogP contribution in [-0.2, 0) is 10.0 Å². The molecule has 0 radical (unpaired) electrons. The van der Waals surface area contributed by atoms with Crippen molar-refractivity contribution in [3.63, 3.8) is 0 Å². The molecular formula is C14H18N4O4S2. The summed E-state index contributed by atoms with van der Waals surface area (Å²) in [6, 6.07) is 1.35. The molecule has 1 fully saturated rings. The minimum absolute atomic E-state index is 0.0957. The van der Waals surface area contributed by atoms with E-state index in [2.05, 4.69) is 15.5 Å². The fourth-order valence-corrected chi connectivity index (χ4v) is 5.00. The number of nitrogens with one attached hydrogen (secondary N) is 2. The van der Waals surface area contributed by atoms with Crippen LogP contribution >= 0.6 is 11.8 Å². The highest BCUT2D eigenvalue weighted by molar-refractivity contribution is 7.99. The Hall–Kier alpha value is -1.78. The second-order valence-electron chi connectivity index (χ2n) is 5.42. The summed E-state index contributed by atoms with van der Waals surface area (Å²) in [5.74, 6) is 1.61. The Morgan fingerprint density at radius 1 is 1.38 bits per heavy atom. The van der Waals surface area contributed by atoms with Crippen molar-refractivity contribution in [2.24, 2.45) is 0 Å². The lowest BCUT2D eigenvalue weighted by Crippen LogP contribution is -2.37. The van der Waals surface area contributed by atoms with Gasteiger partial charge in [-0.1, -0.05) is 5.16 Å². The van der Waals surface area contributed by atoms with Crippen LogP contribution in [-0.4, -0.2) is 53.4 Å². The van der Waals surface area contributed by atoms with Crippen LogP contribution in [0.1, 0.15) is 21.9 Å². The van der Waals surface area contributed by atoms with Gasteiger partial charge in [0.2, 0.25) is 10.0 Å².